The molecule has 0 aliphatic carbocycles. The quantitative estimate of drug-likeness (QED) is 0.255. The van der Waals surface area contributed by atoms with Crippen LogP contribution in [0.3, 0.4) is 0 Å². The molecule has 12 heteroatoms. The number of carboxylic acids is 3. The largest absolute Gasteiger partial charge is 0.481 e. The number of halogens is 1. The summed E-state index contributed by atoms with van der Waals surface area (Å²) in [6, 6.07) is 12.1. The van der Waals surface area contributed by atoms with E-state index >= 15 is 0 Å². The first-order valence-electron chi connectivity index (χ1n) is 11.3. The summed E-state index contributed by atoms with van der Waals surface area (Å²) >= 11 is 6.33. The lowest BCUT2D eigenvalue weighted by atomic mass is 9.96. The lowest BCUT2D eigenvalue weighted by Gasteiger charge is -2.22. The minimum atomic E-state index is -2.74. The van der Waals surface area contributed by atoms with Gasteiger partial charge in [-0.05, 0) is 37.1 Å². The number of imidazole rings is 1. The molecule has 4 N–H and O–H groups in total. The van der Waals surface area contributed by atoms with Crippen molar-refractivity contribution in [1.82, 2.24) is 14.5 Å². The van der Waals surface area contributed by atoms with E-state index in [1.807, 2.05) is 56.0 Å². The number of hydrogen-bond acceptors (Lipinski definition) is 7. The molecule has 3 aromatic rings. The third-order valence-corrected chi connectivity index (χ3v) is 5.63. The molecule has 0 saturated heterocycles. The highest BCUT2D eigenvalue weighted by atomic mass is 35.5. The van der Waals surface area contributed by atoms with Gasteiger partial charge >= 0.3 is 17.9 Å². The fraction of sp³-hybridized carbons (Fsp3) is 0.360. The summed E-state index contributed by atoms with van der Waals surface area (Å²) < 4.78 is 7.85. The number of benzene rings is 1. The summed E-state index contributed by atoms with van der Waals surface area (Å²) in [6.07, 6.45) is 4.42. The molecule has 200 valence electrons. The third kappa shape index (κ3) is 10.5. The first-order chi connectivity index (χ1) is 17.5. The van der Waals surface area contributed by atoms with Crippen LogP contribution in [0.4, 0.5) is 0 Å². The van der Waals surface area contributed by atoms with Gasteiger partial charge in [0.25, 0.3) is 0 Å². The Morgan fingerprint density at radius 2 is 1.73 bits per heavy atom. The maximum Gasteiger partial charge on any atom is 0.336 e. The first-order valence-corrected chi connectivity index (χ1v) is 11.7. The molecule has 0 aliphatic heterocycles. The number of aromatic nitrogens is 2. The molecule has 0 saturated carbocycles. The highest BCUT2D eigenvalue weighted by molar-refractivity contribution is 6.31. The van der Waals surface area contributed by atoms with E-state index in [1.165, 1.54) is 0 Å². The summed E-state index contributed by atoms with van der Waals surface area (Å²) in [7, 11) is 0. The summed E-state index contributed by atoms with van der Waals surface area (Å²) in [5.41, 5.74) is -1.59. The zero-order valence-corrected chi connectivity index (χ0v) is 21.0. The molecular formula is C25H30ClN3O8. The zero-order chi connectivity index (χ0) is 27.4. The van der Waals surface area contributed by atoms with Crippen molar-refractivity contribution in [2.24, 2.45) is 0 Å². The van der Waals surface area contributed by atoms with Crippen LogP contribution in [-0.4, -0.2) is 64.9 Å². The molecule has 2 aromatic heterocycles. The lowest BCUT2D eigenvalue weighted by Crippen LogP contribution is -2.42. The number of aliphatic hydroxyl groups is 1. The second-order valence-corrected chi connectivity index (χ2v) is 8.85. The van der Waals surface area contributed by atoms with Crippen LogP contribution in [0, 0.1) is 6.92 Å². The van der Waals surface area contributed by atoms with E-state index in [4.69, 9.17) is 36.4 Å². The molecule has 0 atom stereocenters. The molecule has 0 unspecified atom stereocenters. The average Bonchev–Trinajstić information content (AvgIpc) is 3.46. The Balaban J connectivity index is 0.000000317. The van der Waals surface area contributed by atoms with Gasteiger partial charge in [0.05, 0.1) is 25.7 Å². The molecule has 0 amide bonds. The number of carbonyl (C=O) groups is 3. The van der Waals surface area contributed by atoms with Crippen LogP contribution in [-0.2, 0) is 34.0 Å². The average molecular weight is 536 g/mol. The van der Waals surface area contributed by atoms with E-state index in [-0.39, 0.29) is 0 Å². The predicted molar refractivity (Wildman–Crippen MR) is 133 cm³/mol. The molecule has 37 heavy (non-hydrogen) atoms. The number of aryl methyl sites for hydroxylation is 2. The van der Waals surface area contributed by atoms with Crippen LogP contribution in [0.15, 0.2) is 59.5 Å². The zero-order valence-electron chi connectivity index (χ0n) is 20.3. The Labute approximate surface area is 218 Å². The molecule has 0 radical (unpaired) electrons. The molecule has 3 rings (SSSR count). The summed E-state index contributed by atoms with van der Waals surface area (Å²) in [4.78, 5) is 36.9. The van der Waals surface area contributed by atoms with Gasteiger partial charge in [-0.25, -0.2) is 9.78 Å². The van der Waals surface area contributed by atoms with Crippen molar-refractivity contribution in [2.75, 3.05) is 6.54 Å². The van der Waals surface area contributed by atoms with E-state index in [2.05, 4.69) is 20.5 Å². The number of nitrogens with zero attached hydrogens (tertiary/aromatic N) is 3. The molecule has 2 heterocycles. The van der Waals surface area contributed by atoms with Gasteiger partial charge < -0.3 is 29.4 Å². The molecule has 11 nitrogen and oxygen atoms in total. The predicted octanol–water partition coefficient (Wildman–Crippen LogP) is 3.28. The van der Waals surface area contributed by atoms with Gasteiger partial charge in [0.2, 0.25) is 0 Å². The molecule has 0 spiro atoms. The molecule has 1 aromatic carbocycles. The third-order valence-electron chi connectivity index (χ3n) is 5.26. The Bertz CT molecular complexity index is 1150. The summed E-state index contributed by atoms with van der Waals surface area (Å²) in [5.74, 6) is -3.09. The topological polar surface area (TPSA) is 166 Å². The number of rotatable bonds is 13. The Kier molecular flexibility index (Phi) is 11.3. The Morgan fingerprint density at radius 1 is 1.05 bits per heavy atom. The van der Waals surface area contributed by atoms with Crippen molar-refractivity contribution in [3.05, 3.63) is 77.2 Å². The molecular weight excluding hydrogens is 506 g/mol. The van der Waals surface area contributed by atoms with E-state index in [0.717, 1.165) is 54.7 Å². The number of furan rings is 1. The van der Waals surface area contributed by atoms with Gasteiger partial charge in [-0.2, -0.15) is 0 Å². The van der Waals surface area contributed by atoms with Crippen molar-refractivity contribution in [3.63, 3.8) is 0 Å². The van der Waals surface area contributed by atoms with Crippen molar-refractivity contribution in [3.8, 4) is 0 Å². The van der Waals surface area contributed by atoms with E-state index < -0.39 is 36.4 Å². The monoisotopic (exact) mass is 535 g/mol. The summed E-state index contributed by atoms with van der Waals surface area (Å²) in [6.45, 7) is 5.48. The fourth-order valence-electron chi connectivity index (χ4n) is 3.48. The second kappa shape index (κ2) is 14.2. The van der Waals surface area contributed by atoms with Gasteiger partial charge in [-0.1, -0.05) is 29.8 Å². The van der Waals surface area contributed by atoms with Crippen LogP contribution in [0.2, 0.25) is 5.02 Å². The second-order valence-electron chi connectivity index (χ2n) is 8.45. The molecule has 0 aliphatic rings. The normalized spacial score (nSPS) is 11.1. The van der Waals surface area contributed by atoms with Crippen molar-refractivity contribution in [2.45, 2.75) is 51.4 Å². The van der Waals surface area contributed by atoms with E-state index in [0.29, 0.717) is 0 Å². The molecule has 0 bridgehead atoms. The van der Waals surface area contributed by atoms with Crippen LogP contribution < -0.4 is 0 Å². The number of hydrogen-bond donors (Lipinski definition) is 4. The van der Waals surface area contributed by atoms with Gasteiger partial charge in [-0.15, -0.1) is 0 Å². The minimum Gasteiger partial charge on any atom is -0.481 e. The van der Waals surface area contributed by atoms with Crippen molar-refractivity contribution >= 4 is 29.5 Å². The first kappa shape index (κ1) is 29.6. The Hall–Kier alpha value is -3.67. The number of aliphatic carboxylic acids is 3. The van der Waals surface area contributed by atoms with Crippen molar-refractivity contribution in [1.29, 1.82) is 0 Å². The number of carboxylic acid groups (broad SMARTS) is 3. The minimum absolute atomic E-state index is 0.781. The summed E-state index contributed by atoms with van der Waals surface area (Å²) in [5, 5.41) is 34.6. The van der Waals surface area contributed by atoms with Gasteiger partial charge in [0.1, 0.15) is 11.5 Å². The SMILES string of the molecule is Cc1ccc(CN(CCCn2ccnc2)Cc2ccccc2Cl)o1.O=C(O)CC(O)(CC(=O)O)C(=O)O. The van der Waals surface area contributed by atoms with Gasteiger partial charge in [-0.3, -0.25) is 14.5 Å². The van der Waals surface area contributed by atoms with Crippen LogP contribution >= 0.6 is 11.6 Å². The fourth-order valence-corrected chi connectivity index (χ4v) is 3.68. The highest BCUT2D eigenvalue weighted by Gasteiger charge is 2.40. The van der Waals surface area contributed by atoms with Gasteiger partial charge in [0.15, 0.2) is 5.60 Å². The van der Waals surface area contributed by atoms with E-state index in [9.17, 15) is 14.4 Å². The lowest BCUT2D eigenvalue weighted by molar-refractivity contribution is -0.170. The maximum atomic E-state index is 10.3. The standard InChI is InChI=1S/C19H22ClN3O.C6H8O7/c1-16-7-8-18(24-16)14-23(11-4-10-22-12-9-21-15-22)13-17-5-2-3-6-19(17)20;7-3(8)1-6(13,5(11)12)2-4(9)10/h2-3,5-9,12,15H,4,10-11,13-14H2,1H3;13H,1-2H2,(H,7,8)(H,9,10)(H,11,12). The van der Waals surface area contributed by atoms with Crippen molar-refractivity contribution < 1.29 is 39.2 Å². The Morgan fingerprint density at radius 3 is 2.24 bits per heavy atom. The van der Waals surface area contributed by atoms with E-state index in [1.54, 1.807) is 0 Å². The highest BCUT2D eigenvalue weighted by Crippen LogP contribution is 2.19. The smallest absolute Gasteiger partial charge is 0.336 e. The van der Waals surface area contributed by atoms with Gasteiger partial charge in [0, 0.05) is 37.1 Å². The van der Waals surface area contributed by atoms with Crippen LogP contribution in [0.25, 0.3) is 0 Å². The van der Waals surface area contributed by atoms with Crippen LogP contribution in [0.5, 0.6) is 0 Å². The maximum absolute atomic E-state index is 10.3. The van der Waals surface area contributed by atoms with Crippen LogP contribution in [0.1, 0.15) is 36.3 Å². The molecule has 0 fully saturated rings.